The Morgan fingerprint density at radius 3 is 2.59 bits per heavy atom. The smallest absolute Gasteiger partial charge is 0.238 e. The topological polar surface area (TPSA) is 98.5 Å². The van der Waals surface area contributed by atoms with Gasteiger partial charge in [-0.25, -0.2) is 13.6 Å². The highest BCUT2D eigenvalue weighted by atomic mass is 32.2. The maximum Gasteiger partial charge on any atom is 0.238 e. The third kappa shape index (κ3) is 4.45. The third-order valence-electron chi connectivity index (χ3n) is 3.97. The summed E-state index contributed by atoms with van der Waals surface area (Å²) in [5.74, 6) is 0.683. The molecule has 1 aliphatic carbocycles. The van der Waals surface area contributed by atoms with E-state index in [1.54, 1.807) is 0 Å². The quantitative estimate of drug-likeness (QED) is 0.867. The SMILES string of the molecule is COc1ccc(S(N)(=O)=O)cc1NC(=O)CC1CCCCC1. The minimum atomic E-state index is -3.82. The number of rotatable bonds is 5. The van der Waals surface area contributed by atoms with Gasteiger partial charge in [0.25, 0.3) is 0 Å². The van der Waals surface area contributed by atoms with Gasteiger partial charge in [0, 0.05) is 6.42 Å². The van der Waals surface area contributed by atoms with Crippen molar-refractivity contribution in [2.75, 3.05) is 12.4 Å². The molecule has 0 aromatic heterocycles. The number of primary sulfonamides is 1. The highest BCUT2D eigenvalue weighted by Crippen LogP contribution is 2.29. The van der Waals surface area contributed by atoms with Crippen LogP contribution in [-0.4, -0.2) is 21.4 Å². The van der Waals surface area contributed by atoms with Crippen molar-refractivity contribution in [1.29, 1.82) is 0 Å². The molecule has 7 heteroatoms. The first-order valence-electron chi connectivity index (χ1n) is 7.41. The number of hydrogen-bond donors (Lipinski definition) is 2. The Hall–Kier alpha value is -1.60. The van der Waals surface area contributed by atoms with Gasteiger partial charge >= 0.3 is 0 Å². The lowest BCUT2D eigenvalue weighted by molar-refractivity contribution is -0.117. The standard InChI is InChI=1S/C15H22N2O4S/c1-21-14-8-7-12(22(16,19)20)10-13(14)17-15(18)9-11-5-3-2-4-6-11/h7-8,10-11H,2-6,9H2,1H3,(H,17,18)(H2,16,19,20). The predicted molar refractivity (Wildman–Crippen MR) is 84.2 cm³/mol. The van der Waals surface area contributed by atoms with Crippen LogP contribution in [0.4, 0.5) is 5.69 Å². The molecule has 1 saturated carbocycles. The van der Waals surface area contributed by atoms with Gasteiger partial charge in [0.15, 0.2) is 0 Å². The fourth-order valence-corrected chi connectivity index (χ4v) is 3.36. The Morgan fingerprint density at radius 2 is 2.00 bits per heavy atom. The molecule has 3 N–H and O–H groups in total. The average molecular weight is 326 g/mol. The lowest BCUT2D eigenvalue weighted by atomic mass is 9.87. The molecule has 1 aromatic rings. The van der Waals surface area contributed by atoms with Crippen LogP contribution in [0.2, 0.25) is 0 Å². The van der Waals surface area contributed by atoms with Gasteiger partial charge in [0.1, 0.15) is 5.75 Å². The van der Waals surface area contributed by atoms with E-state index in [2.05, 4.69) is 5.32 Å². The van der Waals surface area contributed by atoms with Crippen molar-refractivity contribution >= 4 is 21.6 Å². The van der Waals surface area contributed by atoms with Crippen LogP contribution < -0.4 is 15.2 Å². The van der Waals surface area contributed by atoms with E-state index in [1.165, 1.54) is 44.6 Å². The van der Waals surface area contributed by atoms with Crippen LogP contribution in [0, 0.1) is 5.92 Å². The van der Waals surface area contributed by atoms with Crippen LogP contribution >= 0.6 is 0 Å². The fourth-order valence-electron chi connectivity index (χ4n) is 2.82. The molecule has 1 amide bonds. The van der Waals surface area contributed by atoms with Crippen molar-refractivity contribution in [2.45, 2.75) is 43.4 Å². The molecule has 1 fully saturated rings. The molecular weight excluding hydrogens is 304 g/mol. The van der Waals surface area contributed by atoms with Crippen LogP contribution in [0.1, 0.15) is 38.5 Å². The number of methoxy groups -OCH3 is 1. The van der Waals surface area contributed by atoms with Crippen molar-refractivity contribution in [2.24, 2.45) is 11.1 Å². The zero-order valence-corrected chi connectivity index (χ0v) is 13.5. The normalized spacial score (nSPS) is 16.3. The van der Waals surface area contributed by atoms with Gasteiger partial charge < -0.3 is 10.1 Å². The predicted octanol–water partition coefficient (Wildman–Crippen LogP) is 2.25. The molecule has 6 nitrogen and oxygen atoms in total. The van der Waals surface area contributed by atoms with Crippen LogP contribution in [0.25, 0.3) is 0 Å². The number of hydrogen-bond acceptors (Lipinski definition) is 4. The number of carbonyl (C=O) groups excluding carboxylic acids is 1. The second-order valence-corrected chi connectivity index (χ2v) is 7.22. The number of nitrogens with one attached hydrogen (secondary N) is 1. The summed E-state index contributed by atoms with van der Waals surface area (Å²) >= 11 is 0. The first kappa shape index (κ1) is 16.8. The van der Waals surface area contributed by atoms with E-state index in [1.807, 2.05) is 0 Å². The zero-order valence-electron chi connectivity index (χ0n) is 12.7. The monoisotopic (exact) mass is 326 g/mol. The first-order chi connectivity index (χ1) is 10.4. The summed E-state index contributed by atoms with van der Waals surface area (Å²) in [5.41, 5.74) is 0.329. The summed E-state index contributed by atoms with van der Waals surface area (Å²) in [5, 5.41) is 7.85. The summed E-state index contributed by atoms with van der Waals surface area (Å²) < 4.78 is 28.0. The number of carbonyl (C=O) groups is 1. The minimum Gasteiger partial charge on any atom is -0.495 e. The minimum absolute atomic E-state index is 0.0544. The van der Waals surface area contributed by atoms with Crippen LogP contribution in [0.15, 0.2) is 23.1 Å². The molecular formula is C15H22N2O4S. The van der Waals surface area contributed by atoms with E-state index in [0.29, 0.717) is 23.8 Å². The second kappa shape index (κ2) is 7.11. The average Bonchev–Trinajstić information content (AvgIpc) is 2.47. The van der Waals surface area contributed by atoms with Gasteiger partial charge in [0.05, 0.1) is 17.7 Å². The van der Waals surface area contributed by atoms with E-state index in [0.717, 1.165) is 12.8 Å². The molecule has 1 aliphatic rings. The number of anilines is 1. The molecule has 0 unspecified atom stereocenters. The first-order valence-corrected chi connectivity index (χ1v) is 8.95. The lowest BCUT2D eigenvalue weighted by Crippen LogP contribution is -2.19. The van der Waals surface area contributed by atoms with Gasteiger partial charge in [-0.1, -0.05) is 19.3 Å². The molecule has 0 saturated heterocycles. The van der Waals surface area contributed by atoms with Crippen molar-refractivity contribution in [3.05, 3.63) is 18.2 Å². The zero-order chi connectivity index (χ0) is 16.2. The molecule has 0 spiro atoms. The van der Waals surface area contributed by atoms with Crippen LogP contribution in [-0.2, 0) is 14.8 Å². The third-order valence-corrected chi connectivity index (χ3v) is 4.88. The Labute approximate surface area is 131 Å². The molecule has 0 radical (unpaired) electrons. The van der Waals surface area contributed by atoms with Gasteiger partial charge in [-0.3, -0.25) is 4.79 Å². The van der Waals surface area contributed by atoms with E-state index < -0.39 is 10.0 Å². The molecule has 0 atom stereocenters. The van der Waals surface area contributed by atoms with E-state index in [4.69, 9.17) is 9.88 Å². The van der Waals surface area contributed by atoms with Crippen LogP contribution in [0.5, 0.6) is 5.75 Å². The van der Waals surface area contributed by atoms with Crippen molar-refractivity contribution < 1.29 is 17.9 Å². The molecule has 0 bridgehead atoms. The largest absolute Gasteiger partial charge is 0.495 e. The van der Waals surface area contributed by atoms with Gasteiger partial charge in [-0.05, 0) is 37.0 Å². The second-order valence-electron chi connectivity index (χ2n) is 5.66. The maximum atomic E-state index is 12.2. The molecule has 1 aromatic carbocycles. The highest BCUT2D eigenvalue weighted by molar-refractivity contribution is 7.89. The number of ether oxygens (including phenoxy) is 1. The Bertz CT molecular complexity index is 637. The molecule has 2 rings (SSSR count). The molecule has 0 aliphatic heterocycles. The molecule has 22 heavy (non-hydrogen) atoms. The van der Waals surface area contributed by atoms with Crippen molar-refractivity contribution in [3.63, 3.8) is 0 Å². The lowest BCUT2D eigenvalue weighted by Gasteiger charge is -2.21. The van der Waals surface area contributed by atoms with Crippen molar-refractivity contribution in [3.8, 4) is 5.75 Å². The molecule has 0 heterocycles. The number of benzene rings is 1. The Morgan fingerprint density at radius 1 is 1.32 bits per heavy atom. The summed E-state index contributed by atoms with van der Waals surface area (Å²) in [7, 11) is -2.36. The highest BCUT2D eigenvalue weighted by Gasteiger charge is 2.19. The number of amides is 1. The molecule has 122 valence electrons. The number of nitrogens with two attached hydrogens (primary N) is 1. The number of sulfonamides is 1. The fraction of sp³-hybridized carbons (Fsp3) is 0.533. The Balaban J connectivity index is 2.11. The van der Waals surface area contributed by atoms with Gasteiger partial charge in [0.2, 0.25) is 15.9 Å². The summed E-state index contributed by atoms with van der Waals surface area (Å²) in [6.45, 7) is 0. The van der Waals surface area contributed by atoms with Gasteiger partial charge in [-0.15, -0.1) is 0 Å². The summed E-state index contributed by atoms with van der Waals surface area (Å²) in [4.78, 5) is 12.1. The van der Waals surface area contributed by atoms with E-state index >= 15 is 0 Å². The maximum absolute atomic E-state index is 12.2. The summed E-state index contributed by atoms with van der Waals surface area (Å²) in [6.07, 6.45) is 6.17. The van der Waals surface area contributed by atoms with Gasteiger partial charge in [-0.2, -0.15) is 0 Å². The van der Waals surface area contributed by atoms with Crippen molar-refractivity contribution in [1.82, 2.24) is 0 Å². The summed E-state index contributed by atoms with van der Waals surface area (Å²) in [6, 6.07) is 4.16. The Kier molecular flexibility index (Phi) is 5.42. The van der Waals surface area contributed by atoms with Crippen LogP contribution in [0.3, 0.4) is 0 Å². The van der Waals surface area contributed by atoms with E-state index in [9.17, 15) is 13.2 Å². The van der Waals surface area contributed by atoms with E-state index in [-0.39, 0.29) is 10.8 Å².